The van der Waals surface area contributed by atoms with Crippen LogP contribution in [0.1, 0.15) is 52.4 Å². The average Bonchev–Trinajstić information content (AvgIpc) is 2.42. The second kappa shape index (κ2) is 5.62. The molecule has 2 rings (SSSR count). The van der Waals surface area contributed by atoms with Crippen LogP contribution in [0.5, 0.6) is 0 Å². The van der Waals surface area contributed by atoms with Gasteiger partial charge in [0.1, 0.15) is 5.41 Å². The molecule has 0 aromatic heterocycles. The van der Waals surface area contributed by atoms with E-state index in [0.717, 1.165) is 18.8 Å². The molecule has 0 atom stereocenters. The number of amides is 1. The van der Waals surface area contributed by atoms with Gasteiger partial charge in [-0.05, 0) is 50.4 Å². The van der Waals surface area contributed by atoms with Crippen molar-refractivity contribution >= 4 is 11.7 Å². The van der Waals surface area contributed by atoms with Crippen LogP contribution in [0.25, 0.3) is 0 Å². The van der Waals surface area contributed by atoms with E-state index in [1.54, 1.807) is 0 Å². The Kier molecular flexibility index (Phi) is 4.25. The standard InChI is InChI=1S/C15H27N3O2/c1-10-4-6-12(7-5-10)18(3)14(19)15(13(16)17-20)8-11(2)9-15/h10-12,20H,4-9H2,1-3H3,(H2,16,17). The van der Waals surface area contributed by atoms with Gasteiger partial charge in [0.15, 0.2) is 5.84 Å². The highest BCUT2D eigenvalue weighted by molar-refractivity contribution is 6.07. The quantitative estimate of drug-likeness (QED) is 0.360. The van der Waals surface area contributed by atoms with Gasteiger partial charge in [-0.1, -0.05) is 19.0 Å². The Hall–Kier alpha value is -1.26. The van der Waals surface area contributed by atoms with E-state index in [1.807, 2.05) is 11.9 Å². The largest absolute Gasteiger partial charge is 0.409 e. The summed E-state index contributed by atoms with van der Waals surface area (Å²) in [6.45, 7) is 4.36. The van der Waals surface area contributed by atoms with Crippen LogP contribution in [-0.4, -0.2) is 34.9 Å². The van der Waals surface area contributed by atoms with Gasteiger partial charge in [-0.15, -0.1) is 0 Å². The smallest absolute Gasteiger partial charge is 0.236 e. The van der Waals surface area contributed by atoms with Crippen LogP contribution in [-0.2, 0) is 4.79 Å². The molecule has 5 heteroatoms. The van der Waals surface area contributed by atoms with Crippen molar-refractivity contribution in [2.75, 3.05) is 7.05 Å². The zero-order chi connectivity index (χ0) is 14.9. The van der Waals surface area contributed by atoms with Gasteiger partial charge in [-0.3, -0.25) is 4.79 Å². The van der Waals surface area contributed by atoms with Crippen LogP contribution < -0.4 is 5.73 Å². The van der Waals surface area contributed by atoms with E-state index in [1.165, 1.54) is 12.8 Å². The molecule has 2 aliphatic carbocycles. The number of rotatable bonds is 3. The zero-order valence-electron chi connectivity index (χ0n) is 12.8. The Morgan fingerprint density at radius 1 is 1.20 bits per heavy atom. The average molecular weight is 281 g/mol. The predicted molar refractivity (Wildman–Crippen MR) is 78.4 cm³/mol. The Bertz CT molecular complexity index is 394. The van der Waals surface area contributed by atoms with Gasteiger partial charge in [-0.2, -0.15) is 0 Å². The summed E-state index contributed by atoms with van der Waals surface area (Å²) in [5, 5.41) is 12.1. The van der Waals surface area contributed by atoms with Gasteiger partial charge in [0.2, 0.25) is 5.91 Å². The van der Waals surface area contributed by atoms with Crippen LogP contribution in [0.15, 0.2) is 5.16 Å². The number of nitrogens with two attached hydrogens (primary N) is 1. The minimum absolute atomic E-state index is 0.0328. The van der Waals surface area contributed by atoms with Crippen molar-refractivity contribution < 1.29 is 10.0 Å². The van der Waals surface area contributed by atoms with Gasteiger partial charge >= 0.3 is 0 Å². The van der Waals surface area contributed by atoms with Gasteiger partial charge in [0, 0.05) is 13.1 Å². The molecular formula is C15H27N3O2. The topological polar surface area (TPSA) is 78.9 Å². The van der Waals surface area contributed by atoms with Gasteiger partial charge in [-0.25, -0.2) is 0 Å². The summed E-state index contributed by atoms with van der Waals surface area (Å²) in [7, 11) is 1.87. The molecule has 0 heterocycles. The number of carbonyl (C=O) groups excluding carboxylic acids is 1. The first kappa shape index (κ1) is 15.1. The number of amidine groups is 1. The molecule has 0 spiro atoms. The van der Waals surface area contributed by atoms with Crippen LogP contribution >= 0.6 is 0 Å². The molecule has 0 aliphatic heterocycles. The van der Waals surface area contributed by atoms with E-state index < -0.39 is 5.41 Å². The molecule has 0 unspecified atom stereocenters. The molecular weight excluding hydrogens is 254 g/mol. The highest BCUT2D eigenvalue weighted by atomic mass is 16.4. The van der Waals surface area contributed by atoms with Crippen LogP contribution in [0.3, 0.4) is 0 Å². The fourth-order valence-corrected chi connectivity index (χ4v) is 3.85. The first-order chi connectivity index (χ1) is 9.40. The normalized spacial score (nSPS) is 38.1. The number of hydrogen-bond acceptors (Lipinski definition) is 3. The molecule has 1 amide bonds. The van der Waals surface area contributed by atoms with Crippen molar-refractivity contribution in [1.29, 1.82) is 0 Å². The van der Waals surface area contributed by atoms with E-state index in [2.05, 4.69) is 19.0 Å². The molecule has 2 fully saturated rings. The summed E-state index contributed by atoms with van der Waals surface area (Å²) in [5.74, 6) is 1.33. The molecule has 0 radical (unpaired) electrons. The Balaban J connectivity index is 2.08. The Morgan fingerprint density at radius 3 is 2.20 bits per heavy atom. The first-order valence-corrected chi connectivity index (χ1v) is 7.66. The van der Waals surface area contributed by atoms with E-state index in [-0.39, 0.29) is 11.7 Å². The minimum Gasteiger partial charge on any atom is -0.409 e. The molecule has 5 nitrogen and oxygen atoms in total. The summed E-state index contributed by atoms with van der Waals surface area (Å²) in [6, 6.07) is 0.304. The van der Waals surface area contributed by atoms with E-state index >= 15 is 0 Å². The second-order valence-corrected chi connectivity index (χ2v) is 6.91. The van der Waals surface area contributed by atoms with Gasteiger partial charge in [0.05, 0.1) is 0 Å². The Morgan fingerprint density at radius 2 is 1.75 bits per heavy atom. The third kappa shape index (κ3) is 2.50. The van der Waals surface area contributed by atoms with Crippen molar-refractivity contribution in [3.05, 3.63) is 0 Å². The third-order valence-corrected chi connectivity index (χ3v) is 5.25. The number of nitrogens with zero attached hydrogens (tertiary/aromatic N) is 2. The van der Waals surface area contributed by atoms with Crippen molar-refractivity contribution in [2.24, 2.45) is 28.1 Å². The molecule has 2 aliphatic rings. The number of carbonyl (C=O) groups is 1. The highest BCUT2D eigenvalue weighted by Crippen LogP contribution is 2.47. The maximum Gasteiger partial charge on any atom is 0.236 e. The summed E-state index contributed by atoms with van der Waals surface area (Å²) in [4.78, 5) is 14.7. The summed E-state index contributed by atoms with van der Waals surface area (Å²) >= 11 is 0. The first-order valence-electron chi connectivity index (χ1n) is 7.66. The van der Waals surface area contributed by atoms with E-state index in [0.29, 0.717) is 24.8 Å². The maximum absolute atomic E-state index is 12.8. The molecule has 0 aromatic carbocycles. The lowest BCUT2D eigenvalue weighted by Crippen LogP contribution is -2.58. The van der Waals surface area contributed by atoms with Crippen molar-refractivity contribution in [3.63, 3.8) is 0 Å². The maximum atomic E-state index is 12.8. The lowest BCUT2D eigenvalue weighted by atomic mass is 9.61. The molecule has 114 valence electrons. The summed E-state index contributed by atoms with van der Waals surface area (Å²) in [5.41, 5.74) is 5.06. The van der Waals surface area contributed by atoms with Crippen LogP contribution in [0.4, 0.5) is 0 Å². The SMILES string of the molecule is CC1CCC(N(C)C(=O)C2(C(N)=NO)CC(C)C2)CC1. The van der Waals surface area contributed by atoms with Crippen molar-refractivity contribution in [1.82, 2.24) is 4.90 Å². The molecule has 20 heavy (non-hydrogen) atoms. The van der Waals surface area contributed by atoms with Crippen LogP contribution in [0, 0.1) is 17.3 Å². The summed E-state index contributed by atoms with van der Waals surface area (Å²) < 4.78 is 0. The minimum atomic E-state index is -0.758. The second-order valence-electron chi connectivity index (χ2n) is 6.91. The van der Waals surface area contributed by atoms with E-state index in [4.69, 9.17) is 10.9 Å². The van der Waals surface area contributed by atoms with Gasteiger partial charge in [0.25, 0.3) is 0 Å². The lowest BCUT2D eigenvalue weighted by molar-refractivity contribution is -0.146. The van der Waals surface area contributed by atoms with Crippen LogP contribution in [0.2, 0.25) is 0 Å². The fraction of sp³-hybridized carbons (Fsp3) is 0.867. The molecule has 0 saturated heterocycles. The number of hydrogen-bond donors (Lipinski definition) is 2. The zero-order valence-corrected chi connectivity index (χ0v) is 12.8. The molecule has 2 saturated carbocycles. The van der Waals surface area contributed by atoms with E-state index in [9.17, 15) is 4.79 Å². The summed E-state index contributed by atoms with van der Waals surface area (Å²) in [6.07, 6.45) is 5.85. The van der Waals surface area contributed by atoms with Crippen molar-refractivity contribution in [2.45, 2.75) is 58.4 Å². The van der Waals surface area contributed by atoms with Crippen molar-refractivity contribution in [3.8, 4) is 0 Å². The van der Waals surface area contributed by atoms with Gasteiger partial charge < -0.3 is 15.8 Å². The highest BCUT2D eigenvalue weighted by Gasteiger charge is 2.53. The monoisotopic (exact) mass is 281 g/mol. The molecule has 3 N–H and O–H groups in total. The number of oxime groups is 1. The fourth-order valence-electron chi connectivity index (χ4n) is 3.85. The third-order valence-electron chi connectivity index (χ3n) is 5.25. The molecule has 0 aromatic rings. The predicted octanol–water partition coefficient (Wildman–Crippen LogP) is 2.19. The molecule has 0 bridgehead atoms. The Labute approximate surface area is 121 Å². The lowest BCUT2D eigenvalue weighted by Gasteiger charge is -2.47.